The molecule has 0 atom stereocenters. The second kappa shape index (κ2) is 15.9. The molecule has 0 aliphatic heterocycles. The number of ether oxygens (including phenoxy) is 5. The van der Waals surface area contributed by atoms with Gasteiger partial charge in [0, 0.05) is 13.5 Å². The second-order valence-electron chi connectivity index (χ2n) is 7.39. The maximum atomic E-state index is 12.5. The molecule has 0 aliphatic rings. The fourth-order valence-corrected chi connectivity index (χ4v) is 2.83. The largest absolute Gasteiger partial charge is 0.490 e. The molecule has 2 rings (SSSR count). The van der Waals surface area contributed by atoms with Crippen LogP contribution in [-0.4, -0.2) is 66.2 Å². The zero-order valence-corrected chi connectivity index (χ0v) is 20.5. The Morgan fingerprint density at radius 1 is 0.868 bits per heavy atom. The predicted molar refractivity (Wildman–Crippen MR) is 125 cm³/mol. The molecule has 0 aliphatic carbocycles. The molecule has 14 heteroatoms. The summed E-state index contributed by atoms with van der Waals surface area (Å²) in [4.78, 5) is 52.4. The van der Waals surface area contributed by atoms with Gasteiger partial charge in [0.2, 0.25) is 6.79 Å². The van der Waals surface area contributed by atoms with Crippen molar-refractivity contribution >= 4 is 23.9 Å². The molecular weight excluding hydrogens is 508 g/mol. The van der Waals surface area contributed by atoms with E-state index >= 15 is 0 Å². The highest BCUT2D eigenvalue weighted by atomic mass is 17.1. The van der Waals surface area contributed by atoms with Crippen molar-refractivity contribution in [1.82, 2.24) is 5.39 Å². The van der Waals surface area contributed by atoms with Crippen molar-refractivity contribution in [3.8, 4) is 17.2 Å². The van der Waals surface area contributed by atoms with E-state index in [1.165, 1.54) is 43.3 Å². The summed E-state index contributed by atoms with van der Waals surface area (Å²) >= 11 is 0. The van der Waals surface area contributed by atoms with Gasteiger partial charge in [-0.2, -0.15) is 0 Å². The van der Waals surface area contributed by atoms with Crippen molar-refractivity contribution in [2.24, 2.45) is 5.73 Å². The molecule has 0 saturated heterocycles. The summed E-state index contributed by atoms with van der Waals surface area (Å²) in [6, 6.07) is 9.86. The highest BCUT2D eigenvalue weighted by molar-refractivity contribution is 5.94. The van der Waals surface area contributed by atoms with Crippen LogP contribution in [-0.2, 0) is 23.9 Å². The van der Waals surface area contributed by atoms with Crippen molar-refractivity contribution < 1.29 is 58.1 Å². The van der Waals surface area contributed by atoms with E-state index in [4.69, 9.17) is 39.8 Å². The van der Waals surface area contributed by atoms with E-state index in [0.29, 0.717) is 12.8 Å². The minimum absolute atomic E-state index is 0.00727. The van der Waals surface area contributed by atoms with Crippen LogP contribution in [0.15, 0.2) is 42.5 Å². The van der Waals surface area contributed by atoms with Crippen LogP contribution in [0.25, 0.3) is 0 Å². The molecule has 0 aromatic heterocycles. The van der Waals surface area contributed by atoms with Crippen LogP contribution < -0.4 is 19.9 Å². The van der Waals surface area contributed by atoms with Gasteiger partial charge in [0.1, 0.15) is 11.3 Å². The minimum atomic E-state index is -0.886. The fraction of sp³-hybridized carbons (Fsp3) is 0.333. The van der Waals surface area contributed by atoms with E-state index in [0.717, 1.165) is 0 Å². The topological polar surface area (TPSA) is 193 Å². The third-order valence-corrected chi connectivity index (χ3v) is 4.50. The molecule has 0 radical (unpaired) electrons. The third kappa shape index (κ3) is 10.5. The average molecular weight is 536 g/mol. The van der Waals surface area contributed by atoms with Crippen LogP contribution in [0.3, 0.4) is 0 Å². The Bertz CT molecular complexity index is 1110. The predicted octanol–water partition coefficient (Wildman–Crippen LogP) is 2.01. The lowest BCUT2D eigenvalue weighted by molar-refractivity contribution is -0.492. The molecule has 14 nitrogen and oxygen atoms in total. The number of carbonyl (C=O) groups excluding carboxylic acids is 4. The Kier molecular flexibility index (Phi) is 12.6. The number of hydrogen-bond donors (Lipinski definition) is 3. The number of hydrogen-bond acceptors (Lipinski definition) is 14. The number of nitrogens with two attached hydrogens (primary N) is 1. The normalized spacial score (nSPS) is 10.6. The first kappa shape index (κ1) is 30.1. The van der Waals surface area contributed by atoms with Gasteiger partial charge in [-0.3, -0.25) is 24.8 Å². The number of carbonyl (C=O) groups is 4. The highest BCUT2D eigenvalue weighted by Crippen LogP contribution is 2.29. The first-order valence-electron chi connectivity index (χ1n) is 11.3. The molecule has 0 amide bonds. The maximum absolute atomic E-state index is 12.5. The monoisotopic (exact) mass is 536 g/mol. The number of benzene rings is 2. The lowest BCUT2D eigenvalue weighted by Crippen LogP contribution is -2.16. The summed E-state index contributed by atoms with van der Waals surface area (Å²) in [7, 11) is 0. The Hall–Kier alpha value is -4.08. The highest BCUT2D eigenvalue weighted by Gasteiger charge is 2.18. The average Bonchev–Trinajstić information content (AvgIpc) is 2.86. The smallest absolute Gasteiger partial charge is 0.344 e. The van der Waals surface area contributed by atoms with Gasteiger partial charge in [-0.15, -0.1) is 0 Å². The van der Waals surface area contributed by atoms with E-state index in [2.05, 4.69) is 4.84 Å². The molecule has 0 fully saturated rings. The first-order valence-corrected chi connectivity index (χ1v) is 11.3. The Labute approximate surface area is 217 Å². The standard InChI is InChI=1S/C24H28N2O12/c1-16(27)37-19-7-3-2-6-18(19)24(30)35-15-34-23(29)17-8-9-20(21(14-17)38-22(28)10-11-25)33-12-4-5-13-36-26(31)32/h2-3,6-9,14,31-32H,4-5,10-13,15,25H2,1H3. The van der Waals surface area contributed by atoms with Gasteiger partial charge in [-0.1, -0.05) is 12.1 Å². The molecule has 0 bridgehead atoms. The van der Waals surface area contributed by atoms with Gasteiger partial charge in [0.15, 0.2) is 11.5 Å². The third-order valence-electron chi connectivity index (χ3n) is 4.50. The van der Waals surface area contributed by atoms with E-state index < -0.39 is 36.1 Å². The summed E-state index contributed by atoms with van der Waals surface area (Å²) in [5.41, 5.74) is 5.32. The first-order chi connectivity index (χ1) is 18.2. The maximum Gasteiger partial charge on any atom is 0.344 e. The zero-order chi connectivity index (χ0) is 27.9. The van der Waals surface area contributed by atoms with Gasteiger partial charge in [-0.05, 0) is 43.2 Å². The van der Waals surface area contributed by atoms with Crippen molar-refractivity contribution in [1.29, 1.82) is 0 Å². The van der Waals surface area contributed by atoms with Crippen molar-refractivity contribution in [2.75, 3.05) is 26.6 Å². The van der Waals surface area contributed by atoms with Crippen LogP contribution in [0.1, 0.15) is 46.9 Å². The molecule has 0 heterocycles. The Morgan fingerprint density at radius 3 is 2.29 bits per heavy atom. The number of nitrogens with zero attached hydrogens (tertiary/aromatic N) is 1. The Morgan fingerprint density at radius 2 is 1.58 bits per heavy atom. The molecule has 206 valence electrons. The second-order valence-corrected chi connectivity index (χ2v) is 7.39. The lowest BCUT2D eigenvalue weighted by Gasteiger charge is -2.13. The molecular formula is C24H28N2O12. The summed E-state index contributed by atoms with van der Waals surface area (Å²) in [5.74, 6) is -2.95. The van der Waals surface area contributed by atoms with Gasteiger partial charge >= 0.3 is 23.9 Å². The fourth-order valence-electron chi connectivity index (χ4n) is 2.83. The van der Waals surface area contributed by atoms with E-state index in [9.17, 15) is 19.2 Å². The summed E-state index contributed by atoms with van der Waals surface area (Å²) in [6.45, 7) is 0.680. The van der Waals surface area contributed by atoms with E-state index in [1.54, 1.807) is 6.07 Å². The lowest BCUT2D eigenvalue weighted by atomic mass is 10.2. The van der Waals surface area contributed by atoms with Crippen LogP contribution in [0.4, 0.5) is 0 Å². The van der Waals surface area contributed by atoms with E-state index in [-0.39, 0.29) is 54.6 Å². The van der Waals surface area contributed by atoms with Gasteiger partial charge in [0.05, 0.1) is 30.6 Å². The molecule has 0 spiro atoms. The van der Waals surface area contributed by atoms with Gasteiger partial charge < -0.3 is 29.4 Å². The van der Waals surface area contributed by atoms with Crippen molar-refractivity contribution in [2.45, 2.75) is 26.2 Å². The number of esters is 4. The molecule has 4 N–H and O–H groups in total. The molecule has 0 saturated carbocycles. The number of para-hydroxylation sites is 1. The Balaban J connectivity index is 1.99. The minimum Gasteiger partial charge on any atom is -0.490 e. The molecule has 38 heavy (non-hydrogen) atoms. The summed E-state index contributed by atoms with van der Waals surface area (Å²) in [6.07, 6.45) is 0.809. The van der Waals surface area contributed by atoms with Crippen molar-refractivity contribution in [3.63, 3.8) is 0 Å². The number of unbranched alkanes of at least 4 members (excludes halogenated alkanes) is 1. The van der Waals surface area contributed by atoms with Crippen LogP contribution in [0.2, 0.25) is 0 Å². The summed E-state index contributed by atoms with van der Waals surface area (Å²) in [5, 5.41) is 16.6. The van der Waals surface area contributed by atoms with Crippen LogP contribution in [0, 0.1) is 0 Å². The molecule has 2 aromatic carbocycles. The van der Waals surface area contributed by atoms with Gasteiger partial charge in [0.25, 0.3) is 0 Å². The van der Waals surface area contributed by atoms with Crippen LogP contribution in [0.5, 0.6) is 17.2 Å². The van der Waals surface area contributed by atoms with E-state index in [1.807, 2.05) is 0 Å². The quantitative estimate of drug-likeness (QED) is 0.0983. The molecule has 0 unspecified atom stereocenters. The number of rotatable bonds is 15. The zero-order valence-electron chi connectivity index (χ0n) is 20.5. The van der Waals surface area contributed by atoms with Crippen LogP contribution >= 0.6 is 0 Å². The summed E-state index contributed by atoms with van der Waals surface area (Å²) < 4.78 is 25.7. The molecule has 2 aromatic rings. The van der Waals surface area contributed by atoms with Gasteiger partial charge in [-0.25, -0.2) is 9.59 Å². The SMILES string of the molecule is CC(=O)Oc1ccccc1C(=O)OCOC(=O)c1ccc(OCCCCON(O)O)c(OC(=O)CCN)c1. The van der Waals surface area contributed by atoms with Crippen molar-refractivity contribution in [3.05, 3.63) is 53.6 Å².